The third-order valence-electron chi connectivity index (χ3n) is 2.53. The number of anilines is 1. The molecule has 0 radical (unpaired) electrons. The van der Waals surface area contributed by atoms with Crippen LogP contribution >= 0.6 is 27.3 Å². The second kappa shape index (κ2) is 5.55. The fraction of sp³-hybridized carbons (Fsp3) is 0.0833. The van der Waals surface area contributed by atoms with Gasteiger partial charge in [-0.1, -0.05) is 12.1 Å². The van der Waals surface area contributed by atoms with Crippen molar-refractivity contribution in [2.24, 2.45) is 0 Å². The molecule has 0 unspecified atom stereocenters. The second-order valence-corrected chi connectivity index (χ2v) is 7.38. The summed E-state index contributed by atoms with van der Waals surface area (Å²) in [5, 5.41) is 10.1. The van der Waals surface area contributed by atoms with Crippen molar-refractivity contribution < 1.29 is 18.3 Å². The van der Waals surface area contributed by atoms with Crippen LogP contribution < -0.4 is 4.72 Å². The summed E-state index contributed by atoms with van der Waals surface area (Å²) in [4.78, 5) is 10.7. The molecule has 0 fully saturated rings. The molecule has 0 atom stereocenters. The summed E-state index contributed by atoms with van der Waals surface area (Å²) in [6.07, 6.45) is 0. The first-order chi connectivity index (χ1) is 9.31. The highest BCUT2D eigenvalue weighted by molar-refractivity contribution is 9.10. The van der Waals surface area contributed by atoms with Crippen molar-refractivity contribution in [1.29, 1.82) is 0 Å². The van der Waals surface area contributed by atoms with Crippen molar-refractivity contribution >= 4 is 48.9 Å². The van der Waals surface area contributed by atoms with Gasteiger partial charge in [-0.2, -0.15) is 0 Å². The molecule has 2 rings (SSSR count). The molecule has 1 aromatic heterocycles. The summed E-state index contributed by atoms with van der Waals surface area (Å²) in [6, 6.07) is 6.33. The van der Waals surface area contributed by atoms with Crippen LogP contribution in [-0.4, -0.2) is 19.5 Å². The molecule has 0 aliphatic carbocycles. The summed E-state index contributed by atoms with van der Waals surface area (Å²) in [5.74, 6) is -1.15. The van der Waals surface area contributed by atoms with Gasteiger partial charge < -0.3 is 5.11 Å². The Labute approximate surface area is 128 Å². The fourth-order valence-corrected chi connectivity index (χ4v) is 4.18. The molecule has 0 saturated heterocycles. The van der Waals surface area contributed by atoms with E-state index < -0.39 is 16.0 Å². The number of nitrogens with one attached hydrogen (secondary N) is 1. The molecule has 20 heavy (non-hydrogen) atoms. The monoisotopic (exact) mass is 375 g/mol. The van der Waals surface area contributed by atoms with Gasteiger partial charge in [0.2, 0.25) is 0 Å². The largest absolute Gasteiger partial charge is 0.477 e. The lowest BCUT2D eigenvalue weighted by molar-refractivity contribution is 0.0702. The maximum absolute atomic E-state index is 12.2. The number of benzene rings is 1. The van der Waals surface area contributed by atoms with Gasteiger partial charge >= 0.3 is 5.97 Å². The topological polar surface area (TPSA) is 83.5 Å². The first-order valence-electron chi connectivity index (χ1n) is 5.41. The Balaban J connectivity index is 2.35. The number of hydrogen-bond donors (Lipinski definition) is 2. The number of hydrogen-bond acceptors (Lipinski definition) is 4. The van der Waals surface area contributed by atoms with E-state index in [1.807, 2.05) is 13.0 Å². The Morgan fingerprint density at radius 2 is 2.10 bits per heavy atom. The minimum atomic E-state index is -3.80. The van der Waals surface area contributed by atoms with Crippen LogP contribution in [-0.2, 0) is 10.0 Å². The normalized spacial score (nSPS) is 11.3. The quantitative estimate of drug-likeness (QED) is 0.858. The molecule has 0 aliphatic heterocycles. The zero-order chi connectivity index (χ0) is 14.9. The Hall–Kier alpha value is -1.38. The van der Waals surface area contributed by atoms with Crippen LogP contribution in [0.5, 0.6) is 0 Å². The molecule has 0 spiro atoms. The number of sulfonamides is 1. The molecule has 0 saturated carbocycles. The second-order valence-electron chi connectivity index (χ2n) is 3.99. The Bertz CT molecular complexity index is 768. The van der Waals surface area contributed by atoms with Crippen LogP contribution in [0.25, 0.3) is 0 Å². The molecule has 1 heterocycles. The molecule has 106 valence electrons. The van der Waals surface area contributed by atoms with Gasteiger partial charge in [0.1, 0.15) is 4.88 Å². The number of halogens is 1. The van der Waals surface area contributed by atoms with Gasteiger partial charge in [0.25, 0.3) is 10.0 Å². The number of carboxylic acid groups (broad SMARTS) is 1. The van der Waals surface area contributed by atoms with E-state index in [4.69, 9.17) is 5.11 Å². The smallest absolute Gasteiger partial charge is 0.345 e. The lowest BCUT2D eigenvalue weighted by Gasteiger charge is -2.09. The number of carbonyl (C=O) groups is 1. The van der Waals surface area contributed by atoms with E-state index in [0.717, 1.165) is 23.0 Å². The van der Waals surface area contributed by atoms with Crippen molar-refractivity contribution in [3.63, 3.8) is 0 Å². The molecular weight excluding hydrogens is 366 g/mol. The Morgan fingerprint density at radius 3 is 2.70 bits per heavy atom. The van der Waals surface area contributed by atoms with Gasteiger partial charge in [0.15, 0.2) is 0 Å². The van der Waals surface area contributed by atoms with Gasteiger partial charge in [-0.05, 0) is 40.5 Å². The lowest BCUT2D eigenvalue weighted by atomic mass is 10.2. The molecule has 0 bridgehead atoms. The fourth-order valence-electron chi connectivity index (χ4n) is 1.50. The van der Waals surface area contributed by atoms with Crippen molar-refractivity contribution in [2.45, 2.75) is 11.8 Å². The number of carboxylic acids is 1. The van der Waals surface area contributed by atoms with E-state index in [9.17, 15) is 13.2 Å². The zero-order valence-electron chi connectivity index (χ0n) is 10.3. The zero-order valence-corrected chi connectivity index (χ0v) is 13.5. The number of thiophene rings is 1. The van der Waals surface area contributed by atoms with Gasteiger partial charge in [0.05, 0.1) is 10.6 Å². The van der Waals surface area contributed by atoms with Crippen molar-refractivity contribution in [3.8, 4) is 0 Å². The first-order valence-corrected chi connectivity index (χ1v) is 8.56. The number of aryl methyl sites for hydroxylation is 1. The van der Waals surface area contributed by atoms with Gasteiger partial charge in [-0.15, -0.1) is 11.3 Å². The van der Waals surface area contributed by atoms with Crippen molar-refractivity contribution in [3.05, 3.63) is 44.6 Å². The summed E-state index contributed by atoms with van der Waals surface area (Å²) in [7, 11) is -3.80. The molecule has 2 N–H and O–H groups in total. The summed E-state index contributed by atoms with van der Waals surface area (Å²) < 4.78 is 27.5. The highest BCUT2D eigenvalue weighted by atomic mass is 79.9. The van der Waals surface area contributed by atoms with Crippen LogP contribution in [0.4, 0.5) is 5.69 Å². The van der Waals surface area contributed by atoms with Crippen LogP contribution in [0.1, 0.15) is 15.2 Å². The molecular formula is C12H10BrNO4S2. The average molecular weight is 376 g/mol. The van der Waals surface area contributed by atoms with Crippen molar-refractivity contribution in [2.75, 3.05) is 4.72 Å². The van der Waals surface area contributed by atoms with E-state index in [1.165, 1.54) is 5.38 Å². The lowest BCUT2D eigenvalue weighted by Crippen LogP contribution is -2.12. The Morgan fingerprint density at radius 1 is 1.40 bits per heavy atom. The van der Waals surface area contributed by atoms with Crippen molar-refractivity contribution in [1.82, 2.24) is 0 Å². The predicted molar refractivity (Wildman–Crippen MR) is 81.0 cm³/mol. The molecule has 0 aliphatic rings. The van der Waals surface area contributed by atoms with E-state index in [-0.39, 0.29) is 9.77 Å². The standard InChI is InChI=1S/C12H10BrNO4S2/c1-7-3-2-4-9(11(7)13)14-20(17,18)8-5-10(12(15)16)19-6-8/h2-6,14H,1H3,(H,15,16). The maximum Gasteiger partial charge on any atom is 0.345 e. The molecule has 1 aromatic carbocycles. The summed E-state index contributed by atoms with van der Waals surface area (Å²) >= 11 is 4.19. The molecule has 0 amide bonds. The van der Waals surface area contributed by atoms with E-state index >= 15 is 0 Å². The highest BCUT2D eigenvalue weighted by Gasteiger charge is 2.19. The minimum absolute atomic E-state index is 0.0197. The first kappa shape index (κ1) is 15.0. The SMILES string of the molecule is Cc1cccc(NS(=O)(=O)c2csc(C(=O)O)c2)c1Br. The van der Waals surface area contributed by atoms with Gasteiger partial charge in [-0.25, -0.2) is 13.2 Å². The van der Waals surface area contributed by atoms with Crippen LogP contribution in [0.15, 0.2) is 39.0 Å². The Kier molecular flexibility index (Phi) is 4.17. The van der Waals surface area contributed by atoms with Gasteiger partial charge in [0, 0.05) is 9.85 Å². The highest BCUT2D eigenvalue weighted by Crippen LogP contribution is 2.29. The van der Waals surface area contributed by atoms with Gasteiger partial charge in [-0.3, -0.25) is 4.72 Å². The van der Waals surface area contributed by atoms with E-state index in [1.54, 1.807) is 12.1 Å². The maximum atomic E-state index is 12.2. The summed E-state index contributed by atoms with van der Waals surface area (Å²) in [6.45, 7) is 1.84. The summed E-state index contributed by atoms with van der Waals surface area (Å²) in [5.41, 5.74) is 1.30. The van der Waals surface area contributed by atoms with E-state index in [0.29, 0.717) is 10.2 Å². The van der Waals surface area contributed by atoms with Crippen LogP contribution in [0, 0.1) is 6.92 Å². The third kappa shape index (κ3) is 3.02. The molecule has 8 heteroatoms. The number of rotatable bonds is 4. The molecule has 5 nitrogen and oxygen atoms in total. The minimum Gasteiger partial charge on any atom is -0.477 e. The van der Waals surface area contributed by atoms with Crippen LogP contribution in [0.2, 0.25) is 0 Å². The van der Waals surface area contributed by atoms with E-state index in [2.05, 4.69) is 20.7 Å². The number of aromatic carboxylic acids is 1. The van der Waals surface area contributed by atoms with Crippen LogP contribution in [0.3, 0.4) is 0 Å². The third-order valence-corrected chi connectivity index (χ3v) is 6.00. The molecule has 2 aromatic rings. The average Bonchev–Trinajstić information content (AvgIpc) is 2.85. The predicted octanol–water partition coefficient (Wildman–Crippen LogP) is 3.32.